The maximum absolute atomic E-state index is 12.2. The lowest BCUT2D eigenvalue weighted by molar-refractivity contribution is -0.201. The molecule has 0 radical (unpaired) electrons. The minimum absolute atomic E-state index is 0.196. The van der Waals surface area contributed by atoms with Crippen LogP contribution in [0.2, 0.25) is 0 Å². The molecule has 4 rings (SSSR count). The molecule has 0 unspecified atom stereocenters. The Morgan fingerprint density at radius 3 is 2.38 bits per heavy atom. The van der Waals surface area contributed by atoms with Crippen LogP contribution in [-0.2, 0) is 36.2 Å². The third kappa shape index (κ3) is 6.42. The summed E-state index contributed by atoms with van der Waals surface area (Å²) in [6.45, 7) is 2.19. The van der Waals surface area contributed by atoms with Crippen LogP contribution >= 0.6 is 0 Å². The van der Waals surface area contributed by atoms with Crippen LogP contribution in [0.15, 0.2) is 47.4 Å². The van der Waals surface area contributed by atoms with E-state index in [1.54, 1.807) is 24.3 Å². The van der Waals surface area contributed by atoms with Gasteiger partial charge in [-0.25, -0.2) is 13.2 Å². The Morgan fingerprint density at radius 1 is 1.08 bits per heavy atom. The molecule has 0 saturated carbocycles. The maximum atomic E-state index is 12.2. The molecule has 2 aliphatic heterocycles. The molecule has 200 valence electrons. The highest BCUT2D eigenvalue weighted by atomic mass is 32.2. The van der Waals surface area contributed by atoms with E-state index < -0.39 is 28.0 Å². The second-order valence-corrected chi connectivity index (χ2v) is 11.3. The van der Waals surface area contributed by atoms with Gasteiger partial charge in [-0.15, -0.1) is 0 Å². The summed E-state index contributed by atoms with van der Waals surface area (Å²) in [6.07, 6.45) is -2.87. The highest BCUT2D eigenvalue weighted by molar-refractivity contribution is 7.90. The van der Waals surface area contributed by atoms with Crippen LogP contribution in [-0.4, -0.2) is 63.9 Å². The van der Waals surface area contributed by atoms with Crippen molar-refractivity contribution in [1.82, 2.24) is 4.90 Å². The number of hydrogen-bond acceptors (Lipinski definition) is 8. The van der Waals surface area contributed by atoms with Crippen molar-refractivity contribution in [1.29, 1.82) is 0 Å². The Balaban J connectivity index is 1.29. The second kappa shape index (κ2) is 10.3. The van der Waals surface area contributed by atoms with E-state index in [2.05, 4.69) is 4.74 Å². The summed E-state index contributed by atoms with van der Waals surface area (Å²) >= 11 is 0. The highest BCUT2D eigenvalue weighted by Gasteiger charge is 2.44. The Labute approximate surface area is 212 Å². The third-order valence-corrected chi connectivity index (χ3v) is 7.80. The third-order valence-electron chi connectivity index (χ3n) is 6.67. The van der Waals surface area contributed by atoms with E-state index in [0.29, 0.717) is 25.4 Å². The average Bonchev–Trinajstić information content (AvgIpc) is 3.19. The smallest absolute Gasteiger partial charge is 0.491 e. The predicted molar refractivity (Wildman–Crippen MR) is 125 cm³/mol. The topological polar surface area (TPSA) is 99.2 Å². The first kappa shape index (κ1) is 26.9. The largest absolute Gasteiger partial charge is 0.492 e. The van der Waals surface area contributed by atoms with Crippen molar-refractivity contribution in [3.63, 3.8) is 0 Å². The molecule has 12 heteroatoms. The van der Waals surface area contributed by atoms with Crippen molar-refractivity contribution >= 4 is 21.8 Å². The van der Waals surface area contributed by atoms with Gasteiger partial charge in [0.05, 0.1) is 17.9 Å². The van der Waals surface area contributed by atoms with Gasteiger partial charge in [-0.2, -0.15) is 13.2 Å². The summed E-state index contributed by atoms with van der Waals surface area (Å²) in [5.41, 5.74) is 1.69. The van der Waals surface area contributed by atoms with Crippen LogP contribution in [0.25, 0.3) is 0 Å². The van der Waals surface area contributed by atoms with Crippen LogP contribution in [0.4, 0.5) is 13.2 Å². The molecule has 0 aliphatic carbocycles. The first-order valence-electron chi connectivity index (χ1n) is 11.6. The summed E-state index contributed by atoms with van der Waals surface area (Å²) in [6, 6.07) is 12.2. The monoisotopic (exact) mass is 541 g/mol. The van der Waals surface area contributed by atoms with Crippen molar-refractivity contribution in [2.45, 2.75) is 42.4 Å². The standard InChI is InChI=1S/C25H26F3NO7S/c1-37(32,33)19-5-2-17(3-6-19)15-34-18-4-7-20-21(14-18)35-16-24(20)9-12-29(13-10-24)11-8-22(30)36-23(31)25(26,27)28/h2-7,14H,8-13,15-16H2,1H3. The molecule has 2 aromatic carbocycles. The van der Waals surface area contributed by atoms with Gasteiger partial charge in [-0.1, -0.05) is 18.2 Å². The molecule has 0 amide bonds. The highest BCUT2D eigenvalue weighted by Crippen LogP contribution is 2.46. The Morgan fingerprint density at radius 2 is 1.76 bits per heavy atom. The summed E-state index contributed by atoms with van der Waals surface area (Å²) < 4.78 is 75.5. The predicted octanol–water partition coefficient (Wildman–Crippen LogP) is 3.42. The zero-order valence-corrected chi connectivity index (χ0v) is 20.9. The van der Waals surface area contributed by atoms with E-state index in [0.717, 1.165) is 36.0 Å². The molecule has 2 heterocycles. The fourth-order valence-corrected chi connectivity index (χ4v) is 5.15. The number of hydrogen-bond donors (Lipinski definition) is 0. The van der Waals surface area contributed by atoms with E-state index in [9.17, 15) is 31.2 Å². The number of piperidine rings is 1. The molecule has 1 spiro atoms. The molecular weight excluding hydrogens is 515 g/mol. The molecule has 37 heavy (non-hydrogen) atoms. The number of halogens is 3. The number of benzene rings is 2. The van der Waals surface area contributed by atoms with Gasteiger partial charge >= 0.3 is 18.1 Å². The SMILES string of the molecule is CS(=O)(=O)c1ccc(COc2ccc3c(c2)OCC32CCN(CCC(=O)OC(=O)C(F)(F)F)CC2)cc1. The average molecular weight is 542 g/mol. The van der Waals surface area contributed by atoms with Crippen molar-refractivity contribution in [3.05, 3.63) is 53.6 Å². The Hall–Kier alpha value is -3.12. The first-order chi connectivity index (χ1) is 17.4. The van der Waals surface area contributed by atoms with Gasteiger partial charge in [0.15, 0.2) is 9.84 Å². The summed E-state index contributed by atoms with van der Waals surface area (Å²) in [7, 11) is -3.26. The second-order valence-electron chi connectivity index (χ2n) is 9.28. The minimum Gasteiger partial charge on any atom is -0.492 e. The number of carbonyl (C=O) groups excluding carboxylic acids is 2. The number of rotatable bonds is 7. The van der Waals surface area contributed by atoms with Gasteiger partial charge in [0, 0.05) is 29.8 Å². The molecule has 2 aromatic rings. The van der Waals surface area contributed by atoms with Gasteiger partial charge in [-0.3, -0.25) is 4.79 Å². The zero-order valence-electron chi connectivity index (χ0n) is 20.0. The lowest BCUT2D eigenvalue weighted by Crippen LogP contribution is -2.44. The molecule has 2 aliphatic rings. The summed E-state index contributed by atoms with van der Waals surface area (Å²) in [5.74, 6) is -2.35. The van der Waals surface area contributed by atoms with E-state index >= 15 is 0 Å². The molecule has 1 saturated heterocycles. The lowest BCUT2D eigenvalue weighted by Gasteiger charge is -2.38. The fourth-order valence-electron chi connectivity index (χ4n) is 4.52. The van der Waals surface area contributed by atoms with Crippen LogP contribution in [0.5, 0.6) is 11.5 Å². The van der Waals surface area contributed by atoms with Crippen LogP contribution in [0.1, 0.15) is 30.4 Å². The minimum atomic E-state index is -5.19. The molecule has 0 N–H and O–H groups in total. The summed E-state index contributed by atoms with van der Waals surface area (Å²) in [4.78, 5) is 24.5. The van der Waals surface area contributed by atoms with E-state index in [1.165, 1.54) is 0 Å². The Kier molecular flexibility index (Phi) is 7.52. The van der Waals surface area contributed by atoms with Crippen LogP contribution < -0.4 is 9.47 Å². The van der Waals surface area contributed by atoms with Crippen molar-refractivity contribution in [2.24, 2.45) is 0 Å². The van der Waals surface area contributed by atoms with Gasteiger partial charge < -0.3 is 19.1 Å². The number of nitrogens with zero attached hydrogens (tertiary/aromatic N) is 1. The number of likely N-dealkylation sites (tertiary alicyclic amines) is 1. The molecule has 8 nitrogen and oxygen atoms in total. The van der Waals surface area contributed by atoms with Crippen molar-refractivity contribution in [3.8, 4) is 11.5 Å². The first-order valence-corrected chi connectivity index (χ1v) is 13.5. The van der Waals surface area contributed by atoms with Crippen molar-refractivity contribution in [2.75, 3.05) is 32.5 Å². The normalized spacial score (nSPS) is 17.2. The van der Waals surface area contributed by atoms with E-state index in [-0.39, 0.29) is 29.9 Å². The van der Waals surface area contributed by atoms with Crippen molar-refractivity contribution < 1.29 is 45.4 Å². The number of carbonyl (C=O) groups is 2. The molecule has 1 fully saturated rings. The fraction of sp³-hybridized carbons (Fsp3) is 0.440. The number of ether oxygens (including phenoxy) is 3. The Bertz CT molecular complexity index is 1270. The lowest BCUT2D eigenvalue weighted by atomic mass is 9.74. The molecule has 0 atom stereocenters. The van der Waals surface area contributed by atoms with E-state index in [1.807, 2.05) is 23.1 Å². The molecular formula is C25H26F3NO7S. The van der Waals surface area contributed by atoms with E-state index in [4.69, 9.17) is 9.47 Å². The van der Waals surface area contributed by atoms with Gasteiger partial charge in [0.25, 0.3) is 0 Å². The molecule has 0 aromatic heterocycles. The summed E-state index contributed by atoms with van der Waals surface area (Å²) in [5, 5.41) is 0. The van der Waals surface area contributed by atoms with Crippen LogP contribution in [0, 0.1) is 0 Å². The maximum Gasteiger partial charge on any atom is 0.491 e. The number of fused-ring (bicyclic) bond motifs is 2. The zero-order chi connectivity index (χ0) is 26.8. The van der Waals surface area contributed by atoms with Gasteiger partial charge in [0.2, 0.25) is 0 Å². The quantitative estimate of drug-likeness (QED) is 0.389. The van der Waals surface area contributed by atoms with Gasteiger partial charge in [0.1, 0.15) is 18.1 Å². The van der Waals surface area contributed by atoms with Crippen LogP contribution in [0.3, 0.4) is 0 Å². The number of esters is 2. The number of sulfone groups is 1. The number of alkyl halides is 3. The molecule has 0 bridgehead atoms. The van der Waals surface area contributed by atoms with Gasteiger partial charge in [-0.05, 0) is 49.7 Å².